The van der Waals surface area contributed by atoms with Crippen LogP contribution in [0.15, 0.2) is 0 Å². The molecule has 0 saturated carbocycles. The van der Waals surface area contributed by atoms with Gasteiger partial charge in [-0.3, -0.25) is 0 Å². The number of hydrogen-bond donors (Lipinski definition) is 1. The Balaban J connectivity index is 1.44. The summed E-state index contributed by atoms with van der Waals surface area (Å²) in [6, 6.07) is 0.0809. The molecule has 1 aromatic heterocycles. The Morgan fingerprint density at radius 2 is 2.17 bits per heavy atom. The maximum atomic E-state index is 12.4. The van der Waals surface area contributed by atoms with E-state index in [2.05, 4.69) is 24.1 Å². The minimum atomic E-state index is 0.0809. The zero-order valence-corrected chi connectivity index (χ0v) is 15.0. The molecule has 0 atom stereocenters. The molecule has 6 heteroatoms. The van der Waals surface area contributed by atoms with Crippen molar-refractivity contribution >= 4 is 17.4 Å². The predicted molar refractivity (Wildman–Crippen MR) is 92.0 cm³/mol. The third kappa shape index (κ3) is 3.86. The van der Waals surface area contributed by atoms with Gasteiger partial charge >= 0.3 is 6.03 Å². The predicted octanol–water partition coefficient (Wildman–Crippen LogP) is 2.77. The zero-order valence-electron chi connectivity index (χ0n) is 14.2. The van der Waals surface area contributed by atoms with E-state index in [1.54, 1.807) is 11.3 Å². The van der Waals surface area contributed by atoms with Gasteiger partial charge in [0.1, 0.15) is 0 Å². The topological polar surface area (TPSA) is 54.5 Å². The van der Waals surface area contributed by atoms with E-state index in [-0.39, 0.29) is 6.03 Å². The van der Waals surface area contributed by atoms with Gasteiger partial charge in [0.25, 0.3) is 0 Å². The van der Waals surface area contributed by atoms with Crippen molar-refractivity contribution in [3.8, 4) is 0 Å². The van der Waals surface area contributed by atoms with Gasteiger partial charge in [-0.25, -0.2) is 9.78 Å². The average Bonchev–Trinajstić information content (AvgIpc) is 3.12. The number of likely N-dealkylation sites (tertiary alicyclic amines) is 1. The van der Waals surface area contributed by atoms with Crippen LogP contribution in [0.2, 0.25) is 0 Å². The van der Waals surface area contributed by atoms with E-state index in [0.717, 1.165) is 63.4 Å². The van der Waals surface area contributed by atoms with Gasteiger partial charge in [-0.2, -0.15) is 0 Å². The molecule has 1 spiro atoms. The molecule has 2 aliphatic rings. The van der Waals surface area contributed by atoms with Crippen molar-refractivity contribution < 1.29 is 9.53 Å². The number of carbonyl (C=O) groups excluding carboxylic acids is 1. The van der Waals surface area contributed by atoms with Crippen molar-refractivity contribution in [2.24, 2.45) is 5.41 Å². The molecule has 23 heavy (non-hydrogen) atoms. The monoisotopic (exact) mass is 337 g/mol. The van der Waals surface area contributed by atoms with Gasteiger partial charge in [0.2, 0.25) is 0 Å². The summed E-state index contributed by atoms with van der Waals surface area (Å²) >= 11 is 1.75. The third-order valence-electron chi connectivity index (χ3n) is 5.17. The Morgan fingerprint density at radius 1 is 1.39 bits per heavy atom. The van der Waals surface area contributed by atoms with Gasteiger partial charge in [-0.15, -0.1) is 11.3 Å². The second-order valence-corrected chi connectivity index (χ2v) is 8.02. The molecule has 0 bridgehead atoms. The minimum Gasteiger partial charge on any atom is -0.381 e. The van der Waals surface area contributed by atoms with Crippen LogP contribution in [0.4, 0.5) is 4.79 Å². The van der Waals surface area contributed by atoms with Crippen LogP contribution in [0.25, 0.3) is 0 Å². The normalized spacial score (nSPS) is 20.2. The summed E-state index contributed by atoms with van der Waals surface area (Å²) in [6.07, 6.45) is 5.11. The van der Waals surface area contributed by atoms with Gasteiger partial charge in [0, 0.05) is 44.1 Å². The summed E-state index contributed by atoms with van der Waals surface area (Å²) in [5.41, 5.74) is 1.51. The molecular formula is C17H27N3O2S. The van der Waals surface area contributed by atoms with Crippen LogP contribution in [-0.4, -0.2) is 48.8 Å². The van der Waals surface area contributed by atoms with Crippen LogP contribution in [0.3, 0.4) is 0 Å². The number of amides is 2. The Kier molecular flexibility index (Phi) is 5.21. The lowest BCUT2D eigenvalue weighted by molar-refractivity contribution is 0.0209. The van der Waals surface area contributed by atoms with Crippen LogP contribution in [0.5, 0.6) is 0 Å². The van der Waals surface area contributed by atoms with Crippen LogP contribution in [0, 0.1) is 12.3 Å². The summed E-state index contributed by atoms with van der Waals surface area (Å²) in [5, 5.41) is 4.19. The second kappa shape index (κ2) is 7.18. The first-order chi connectivity index (χ1) is 11.1. The number of thiazole rings is 1. The van der Waals surface area contributed by atoms with Gasteiger partial charge < -0.3 is 15.0 Å². The average molecular weight is 337 g/mol. The Labute approximate surface area is 142 Å². The highest BCUT2D eigenvalue weighted by atomic mass is 32.1. The number of nitrogens with zero attached hydrogens (tertiary/aromatic N) is 2. The van der Waals surface area contributed by atoms with Crippen molar-refractivity contribution in [2.75, 3.05) is 32.8 Å². The lowest BCUT2D eigenvalue weighted by atomic mass is 9.80. The highest BCUT2D eigenvalue weighted by molar-refractivity contribution is 7.11. The number of hydrogen-bond acceptors (Lipinski definition) is 4. The van der Waals surface area contributed by atoms with Crippen LogP contribution in [-0.2, 0) is 17.6 Å². The molecule has 1 aromatic rings. The molecule has 2 aliphatic heterocycles. The number of ether oxygens (including phenoxy) is 1. The number of aryl methyl sites for hydroxylation is 2. The van der Waals surface area contributed by atoms with E-state index in [1.807, 2.05) is 4.90 Å². The molecule has 2 saturated heterocycles. The smallest absolute Gasteiger partial charge is 0.317 e. The number of urea groups is 1. The lowest BCUT2D eigenvalue weighted by Gasteiger charge is -2.33. The standard InChI is InChI=1S/C17H27N3O2S/c1-3-14-13(2)23-15(19-14)4-8-18-16(21)20-9-5-17(12-20)6-10-22-11-7-17/h3-12H2,1-2H3,(H,18,21). The summed E-state index contributed by atoms with van der Waals surface area (Å²) in [5.74, 6) is 0. The van der Waals surface area contributed by atoms with Crippen LogP contribution in [0.1, 0.15) is 41.8 Å². The fourth-order valence-electron chi connectivity index (χ4n) is 3.63. The SMILES string of the molecule is CCc1nc(CCNC(=O)N2CCC3(CCOCC3)C2)sc1C. The zero-order chi connectivity index (χ0) is 16.3. The van der Waals surface area contributed by atoms with E-state index >= 15 is 0 Å². The van der Waals surface area contributed by atoms with E-state index in [0.29, 0.717) is 12.0 Å². The summed E-state index contributed by atoms with van der Waals surface area (Å²) in [7, 11) is 0. The van der Waals surface area contributed by atoms with Crippen molar-refractivity contribution in [3.05, 3.63) is 15.6 Å². The lowest BCUT2D eigenvalue weighted by Crippen LogP contribution is -2.41. The fourth-order valence-corrected chi connectivity index (χ4v) is 4.65. The highest BCUT2D eigenvalue weighted by Crippen LogP contribution is 2.39. The Morgan fingerprint density at radius 3 is 2.87 bits per heavy atom. The summed E-state index contributed by atoms with van der Waals surface area (Å²) in [4.78, 5) is 20.3. The third-order valence-corrected chi connectivity index (χ3v) is 6.24. The Hall–Kier alpha value is -1.14. The van der Waals surface area contributed by atoms with Gasteiger partial charge in [0.05, 0.1) is 10.7 Å². The maximum absolute atomic E-state index is 12.4. The van der Waals surface area contributed by atoms with E-state index in [4.69, 9.17) is 4.74 Å². The quantitative estimate of drug-likeness (QED) is 0.919. The molecule has 0 aliphatic carbocycles. The summed E-state index contributed by atoms with van der Waals surface area (Å²) < 4.78 is 5.46. The number of rotatable bonds is 4. The molecule has 5 nitrogen and oxygen atoms in total. The minimum absolute atomic E-state index is 0.0809. The van der Waals surface area contributed by atoms with E-state index in [1.165, 1.54) is 10.6 Å². The van der Waals surface area contributed by atoms with Crippen molar-refractivity contribution in [1.29, 1.82) is 0 Å². The largest absolute Gasteiger partial charge is 0.381 e. The molecule has 3 rings (SSSR count). The first-order valence-electron chi connectivity index (χ1n) is 8.67. The van der Waals surface area contributed by atoms with Gasteiger partial charge in [0.15, 0.2) is 0 Å². The highest BCUT2D eigenvalue weighted by Gasteiger charge is 2.40. The number of aromatic nitrogens is 1. The molecule has 0 radical (unpaired) electrons. The first-order valence-corrected chi connectivity index (χ1v) is 9.49. The maximum Gasteiger partial charge on any atom is 0.317 e. The second-order valence-electron chi connectivity index (χ2n) is 6.73. The molecule has 0 aromatic carbocycles. The number of carbonyl (C=O) groups is 1. The molecule has 3 heterocycles. The van der Waals surface area contributed by atoms with Crippen molar-refractivity contribution in [3.63, 3.8) is 0 Å². The van der Waals surface area contributed by atoms with Crippen molar-refractivity contribution in [1.82, 2.24) is 15.2 Å². The molecule has 2 amide bonds. The molecule has 0 unspecified atom stereocenters. The molecule has 2 fully saturated rings. The van der Waals surface area contributed by atoms with Gasteiger partial charge in [-0.05, 0) is 38.0 Å². The molecule has 128 valence electrons. The number of nitrogens with one attached hydrogen (secondary N) is 1. The van der Waals surface area contributed by atoms with E-state index < -0.39 is 0 Å². The van der Waals surface area contributed by atoms with E-state index in [9.17, 15) is 4.79 Å². The molecular weight excluding hydrogens is 310 g/mol. The van der Waals surface area contributed by atoms with Gasteiger partial charge in [-0.1, -0.05) is 6.92 Å². The Bertz CT molecular complexity index is 552. The first kappa shape index (κ1) is 16.7. The summed E-state index contributed by atoms with van der Waals surface area (Å²) in [6.45, 7) is 8.38. The fraction of sp³-hybridized carbons (Fsp3) is 0.765. The van der Waals surface area contributed by atoms with Crippen LogP contribution < -0.4 is 5.32 Å². The van der Waals surface area contributed by atoms with Crippen LogP contribution >= 0.6 is 11.3 Å². The van der Waals surface area contributed by atoms with Crippen molar-refractivity contribution in [2.45, 2.75) is 46.0 Å². The molecule has 1 N–H and O–H groups in total.